The van der Waals surface area contributed by atoms with Gasteiger partial charge in [-0.1, -0.05) is 31.4 Å². The second-order valence-electron chi connectivity index (χ2n) is 7.37. The summed E-state index contributed by atoms with van der Waals surface area (Å²) in [5.74, 6) is 0.195. The van der Waals surface area contributed by atoms with Crippen LogP contribution in [0.2, 0.25) is 0 Å². The Bertz CT molecular complexity index is 715. The second-order valence-corrected chi connectivity index (χ2v) is 9.67. The van der Waals surface area contributed by atoms with Gasteiger partial charge >= 0.3 is 6.03 Å². The van der Waals surface area contributed by atoms with Gasteiger partial charge in [-0.05, 0) is 42.9 Å². The molecule has 7 heteroatoms. The summed E-state index contributed by atoms with van der Waals surface area (Å²) < 4.78 is 36.8. The first-order chi connectivity index (χ1) is 12.4. The van der Waals surface area contributed by atoms with Crippen molar-refractivity contribution >= 4 is 15.9 Å². The quantitative estimate of drug-likeness (QED) is 0.872. The van der Waals surface area contributed by atoms with E-state index >= 15 is 0 Å². The maximum Gasteiger partial charge on any atom is 0.317 e. The topological polar surface area (TPSA) is 66.5 Å². The van der Waals surface area contributed by atoms with Crippen LogP contribution in [-0.4, -0.2) is 43.9 Å². The first-order valence-corrected chi connectivity index (χ1v) is 11.3. The van der Waals surface area contributed by atoms with E-state index in [0.717, 1.165) is 31.2 Å². The van der Waals surface area contributed by atoms with Gasteiger partial charge in [0.2, 0.25) is 0 Å². The highest BCUT2D eigenvalue weighted by Crippen LogP contribution is 2.34. The zero-order chi connectivity index (χ0) is 18.6. The molecule has 1 aromatic carbocycles. The van der Waals surface area contributed by atoms with Crippen LogP contribution in [0.25, 0.3) is 0 Å². The highest BCUT2D eigenvalue weighted by molar-refractivity contribution is 7.91. The van der Waals surface area contributed by atoms with Crippen LogP contribution in [0.3, 0.4) is 0 Å². The average molecular weight is 383 g/mol. The maximum absolute atomic E-state index is 13.3. The Kier molecular flexibility index (Phi) is 6.16. The fraction of sp³-hybridized carbons (Fsp3) is 0.632. The van der Waals surface area contributed by atoms with Crippen LogP contribution >= 0.6 is 0 Å². The van der Waals surface area contributed by atoms with Crippen LogP contribution < -0.4 is 5.32 Å². The fourth-order valence-corrected chi connectivity index (χ4v) is 5.25. The Hall–Kier alpha value is -1.63. The molecule has 2 amide bonds. The minimum Gasteiger partial charge on any atom is -0.331 e. The van der Waals surface area contributed by atoms with Gasteiger partial charge < -0.3 is 10.2 Å². The second kappa shape index (κ2) is 8.37. The molecule has 2 fully saturated rings. The van der Waals surface area contributed by atoms with Crippen molar-refractivity contribution in [2.75, 3.05) is 24.6 Å². The number of halogens is 1. The van der Waals surface area contributed by atoms with Gasteiger partial charge in [0.05, 0.1) is 17.5 Å². The summed E-state index contributed by atoms with van der Waals surface area (Å²) in [5.41, 5.74) is 0.911. The summed E-state index contributed by atoms with van der Waals surface area (Å²) in [6, 6.07) is 5.94. The van der Waals surface area contributed by atoms with Crippen LogP contribution in [0.1, 0.15) is 50.1 Å². The Morgan fingerprint density at radius 2 is 1.73 bits per heavy atom. The summed E-state index contributed by atoms with van der Waals surface area (Å²) >= 11 is 0. The third kappa shape index (κ3) is 4.96. The number of hydrogen-bond acceptors (Lipinski definition) is 3. The molecule has 1 heterocycles. The van der Waals surface area contributed by atoms with Gasteiger partial charge in [-0.3, -0.25) is 0 Å². The van der Waals surface area contributed by atoms with Gasteiger partial charge in [0, 0.05) is 13.1 Å². The van der Waals surface area contributed by atoms with E-state index in [1.54, 1.807) is 17.0 Å². The molecule has 1 unspecified atom stereocenters. The van der Waals surface area contributed by atoms with Gasteiger partial charge in [0.25, 0.3) is 0 Å². The van der Waals surface area contributed by atoms with E-state index in [1.165, 1.54) is 18.6 Å². The van der Waals surface area contributed by atoms with Gasteiger partial charge in [0.1, 0.15) is 5.82 Å². The SMILES string of the molecule is O=C(NC(c1ccc(F)cc1)C1CCCCC1)N1CCCS(=O)(=O)CC1. The first-order valence-electron chi connectivity index (χ1n) is 9.46. The normalized spacial score (nSPS) is 22.4. The summed E-state index contributed by atoms with van der Waals surface area (Å²) in [5, 5.41) is 3.12. The molecule has 1 atom stereocenters. The monoisotopic (exact) mass is 382 g/mol. The number of hydrogen-bond donors (Lipinski definition) is 1. The molecule has 0 aromatic heterocycles. The molecule has 1 N–H and O–H groups in total. The molecular formula is C19H27FN2O3S. The molecule has 1 aliphatic carbocycles. The molecule has 5 nitrogen and oxygen atoms in total. The lowest BCUT2D eigenvalue weighted by Gasteiger charge is -2.33. The van der Waals surface area contributed by atoms with E-state index in [1.807, 2.05) is 0 Å². The molecule has 1 aliphatic heterocycles. The fourth-order valence-electron chi connectivity index (χ4n) is 3.98. The lowest BCUT2D eigenvalue weighted by Crippen LogP contribution is -2.45. The summed E-state index contributed by atoms with van der Waals surface area (Å²) in [6.45, 7) is 0.681. The van der Waals surface area contributed by atoms with Crippen molar-refractivity contribution in [2.45, 2.75) is 44.6 Å². The molecule has 0 bridgehead atoms. The molecule has 1 aromatic rings. The molecule has 2 aliphatic rings. The molecule has 1 saturated heterocycles. The van der Waals surface area contributed by atoms with Crippen molar-refractivity contribution in [1.82, 2.24) is 10.2 Å². The molecule has 0 spiro atoms. The lowest BCUT2D eigenvalue weighted by molar-refractivity contribution is 0.186. The molecule has 0 radical (unpaired) electrons. The zero-order valence-corrected chi connectivity index (χ0v) is 15.8. The van der Waals surface area contributed by atoms with Gasteiger partial charge in [-0.25, -0.2) is 17.6 Å². The first kappa shape index (κ1) is 19.1. The van der Waals surface area contributed by atoms with Gasteiger partial charge in [-0.15, -0.1) is 0 Å². The number of rotatable bonds is 3. The predicted octanol–water partition coefficient (Wildman–Crippen LogP) is 3.28. The number of amides is 2. The standard InChI is InChI=1S/C19H27FN2O3S/c20-17-9-7-16(8-10-17)18(15-5-2-1-3-6-15)21-19(23)22-11-4-13-26(24,25)14-12-22/h7-10,15,18H,1-6,11-14H2,(H,21,23). The van der Waals surface area contributed by atoms with Crippen molar-refractivity contribution in [3.05, 3.63) is 35.6 Å². The van der Waals surface area contributed by atoms with Crippen LogP contribution in [-0.2, 0) is 9.84 Å². The molecule has 144 valence electrons. The smallest absolute Gasteiger partial charge is 0.317 e. The summed E-state index contributed by atoms with van der Waals surface area (Å²) in [7, 11) is -3.05. The third-order valence-corrected chi connectivity index (χ3v) is 7.19. The Morgan fingerprint density at radius 3 is 2.42 bits per heavy atom. The highest BCUT2D eigenvalue weighted by Gasteiger charge is 2.29. The van der Waals surface area contributed by atoms with Crippen molar-refractivity contribution in [3.8, 4) is 0 Å². The largest absolute Gasteiger partial charge is 0.331 e. The Morgan fingerprint density at radius 1 is 1.04 bits per heavy atom. The average Bonchev–Trinajstić information content (AvgIpc) is 2.82. The maximum atomic E-state index is 13.3. The van der Waals surface area contributed by atoms with E-state index in [0.29, 0.717) is 18.9 Å². The molecular weight excluding hydrogens is 355 g/mol. The molecule has 1 saturated carbocycles. The van der Waals surface area contributed by atoms with Crippen molar-refractivity contribution in [2.24, 2.45) is 5.92 Å². The third-order valence-electron chi connectivity index (χ3n) is 5.47. The van der Waals surface area contributed by atoms with Crippen molar-refractivity contribution < 1.29 is 17.6 Å². The number of carbonyl (C=O) groups is 1. The highest BCUT2D eigenvalue weighted by atomic mass is 32.2. The van der Waals surface area contributed by atoms with Crippen LogP contribution in [0.4, 0.5) is 9.18 Å². The Balaban J connectivity index is 1.74. The Labute approximate surface area is 154 Å². The zero-order valence-electron chi connectivity index (χ0n) is 15.0. The van der Waals surface area contributed by atoms with Gasteiger partial charge in [0.15, 0.2) is 9.84 Å². The molecule has 26 heavy (non-hydrogen) atoms. The van der Waals surface area contributed by atoms with Crippen LogP contribution in [0.15, 0.2) is 24.3 Å². The number of nitrogens with zero attached hydrogens (tertiary/aromatic N) is 1. The summed E-state index contributed by atoms with van der Waals surface area (Å²) in [6.07, 6.45) is 6.04. The van der Waals surface area contributed by atoms with Crippen molar-refractivity contribution in [1.29, 1.82) is 0 Å². The minimum absolute atomic E-state index is 0.0189. The van der Waals surface area contributed by atoms with E-state index in [9.17, 15) is 17.6 Å². The minimum atomic E-state index is -3.05. The summed E-state index contributed by atoms with van der Waals surface area (Å²) in [4.78, 5) is 14.4. The van der Waals surface area contributed by atoms with E-state index in [4.69, 9.17) is 0 Å². The number of nitrogens with one attached hydrogen (secondary N) is 1. The van der Waals surface area contributed by atoms with E-state index in [-0.39, 0.29) is 35.9 Å². The van der Waals surface area contributed by atoms with Crippen molar-refractivity contribution in [3.63, 3.8) is 0 Å². The number of sulfone groups is 1. The van der Waals surface area contributed by atoms with E-state index < -0.39 is 9.84 Å². The lowest BCUT2D eigenvalue weighted by atomic mass is 9.81. The van der Waals surface area contributed by atoms with Gasteiger partial charge in [-0.2, -0.15) is 0 Å². The predicted molar refractivity (Wildman–Crippen MR) is 99.1 cm³/mol. The van der Waals surface area contributed by atoms with Crippen LogP contribution in [0.5, 0.6) is 0 Å². The number of benzene rings is 1. The number of carbonyl (C=O) groups excluding carboxylic acids is 1. The number of urea groups is 1. The molecule has 3 rings (SSSR count). The van der Waals surface area contributed by atoms with Crippen LogP contribution in [0, 0.1) is 11.7 Å². The van der Waals surface area contributed by atoms with E-state index in [2.05, 4.69) is 5.32 Å².